The number of aliphatic hydroxyl groups excluding tert-OH is 1. The van der Waals surface area contributed by atoms with Crippen molar-refractivity contribution < 1.29 is 18.3 Å². The van der Waals surface area contributed by atoms with Crippen LogP contribution in [-0.4, -0.2) is 11.7 Å². The number of rotatable bonds is 3. The molecule has 0 spiro atoms. The van der Waals surface area contributed by atoms with Crippen LogP contribution in [0, 0.1) is 11.6 Å². The Morgan fingerprint density at radius 3 is 2.87 bits per heavy atom. The lowest BCUT2D eigenvalue weighted by atomic mass is 10.1. The molecule has 0 fully saturated rings. The first-order chi connectivity index (χ1) is 7.24. The summed E-state index contributed by atoms with van der Waals surface area (Å²) in [5.74, 6) is -1.21. The molecule has 2 nitrogen and oxygen atoms in total. The van der Waals surface area contributed by atoms with E-state index in [0.717, 1.165) is 0 Å². The van der Waals surface area contributed by atoms with Crippen LogP contribution in [0.1, 0.15) is 12.0 Å². The average Bonchev–Trinajstić information content (AvgIpc) is 2.65. The number of furan rings is 1. The molecule has 1 heterocycles. The number of hydrogen-bond donors (Lipinski definition) is 1. The predicted octanol–water partition coefficient (Wildman–Crippen LogP) is 2.64. The van der Waals surface area contributed by atoms with Crippen LogP contribution in [0.4, 0.5) is 8.78 Å². The molecule has 0 radical (unpaired) electrons. The SMILES string of the molecule is OCCCc1c(F)cc2occc2c1F. The smallest absolute Gasteiger partial charge is 0.140 e. The number of halogens is 2. The Labute approximate surface area is 85.1 Å². The Hall–Kier alpha value is -1.42. The summed E-state index contributed by atoms with van der Waals surface area (Å²) in [5.41, 5.74) is 0.218. The summed E-state index contributed by atoms with van der Waals surface area (Å²) in [4.78, 5) is 0. The summed E-state index contributed by atoms with van der Waals surface area (Å²) < 4.78 is 32.0. The maximum Gasteiger partial charge on any atom is 0.140 e. The second kappa shape index (κ2) is 3.98. The van der Waals surface area contributed by atoms with Gasteiger partial charge in [0.25, 0.3) is 0 Å². The van der Waals surface area contributed by atoms with Crippen molar-refractivity contribution >= 4 is 11.0 Å². The number of aliphatic hydroxyl groups is 1. The molecule has 1 aromatic carbocycles. The first-order valence-electron chi connectivity index (χ1n) is 4.69. The van der Waals surface area contributed by atoms with Gasteiger partial charge in [-0.15, -0.1) is 0 Å². The molecule has 4 heteroatoms. The molecule has 0 saturated heterocycles. The minimum absolute atomic E-state index is 0.0120. The second-order valence-electron chi connectivity index (χ2n) is 3.31. The molecule has 0 aliphatic carbocycles. The van der Waals surface area contributed by atoms with Crippen molar-refractivity contribution in [3.63, 3.8) is 0 Å². The molecule has 0 aliphatic heterocycles. The average molecular weight is 212 g/mol. The summed E-state index contributed by atoms with van der Waals surface area (Å²) in [5, 5.41) is 8.90. The van der Waals surface area contributed by atoms with Crippen molar-refractivity contribution in [2.45, 2.75) is 12.8 Å². The zero-order chi connectivity index (χ0) is 10.8. The highest BCUT2D eigenvalue weighted by atomic mass is 19.1. The van der Waals surface area contributed by atoms with Gasteiger partial charge in [0.1, 0.15) is 17.2 Å². The number of fused-ring (bicyclic) bond motifs is 1. The zero-order valence-corrected chi connectivity index (χ0v) is 7.96. The maximum atomic E-state index is 13.7. The lowest BCUT2D eigenvalue weighted by Gasteiger charge is -2.04. The van der Waals surface area contributed by atoms with Crippen LogP contribution >= 0.6 is 0 Å². The Balaban J connectivity index is 2.52. The fourth-order valence-corrected chi connectivity index (χ4v) is 1.57. The quantitative estimate of drug-likeness (QED) is 0.848. The molecule has 0 bridgehead atoms. The van der Waals surface area contributed by atoms with Gasteiger partial charge in [-0.3, -0.25) is 0 Å². The van der Waals surface area contributed by atoms with Gasteiger partial charge in [-0.1, -0.05) is 0 Å². The topological polar surface area (TPSA) is 33.4 Å². The molecule has 80 valence electrons. The highest BCUT2D eigenvalue weighted by molar-refractivity contribution is 5.78. The zero-order valence-electron chi connectivity index (χ0n) is 7.96. The third kappa shape index (κ3) is 1.72. The van der Waals surface area contributed by atoms with E-state index in [-0.39, 0.29) is 29.6 Å². The van der Waals surface area contributed by atoms with Gasteiger partial charge < -0.3 is 9.52 Å². The molecule has 1 N–H and O–H groups in total. The first kappa shape index (κ1) is 10.1. The lowest BCUT2D eigenvalue weighted by Crippen LogP contribution is -1.98. The van der Waals surface area contributed by atoms with E-state index in [1.807, 2.05) is 0 Å². The van der Waals surface area contributed by atoms with Crippen LogP contribution in [0.2, 0.25) is 0 Å². The molecule has 0 aliphatic rings. The minimum Gasteiger partial charge on any atom is -0.464 e. The van der Waals surface area contributed by atoms with Gasteiger partial charge in [0.2, 0.25) is 0 Å². The van der Waals surface area contributed by atoms with E-state index in [0.29, 0.717) is 6.42 Å². The van der Waals surface area contributed by atoms with E-state index in [1.54, 1.807) is 0 Å². The monoisotopic (exact) mass is 212 g/mol. The van der Waals surface area contributed by atoms with Crippen molar-refractivity contribution in [1.82, 2.24) is 0 Å². The molecule has 1 aromatic heterocycles. The summed E-state index contributed by atoms with van der Waals surface area (Å²) in [6.45, 7) is -0.0810. The lowest BCUT2D eigenvalue weighted by molar-refractivity contribution is 0.287. The fourth-order valence-electron chi connectivity index (χ4n) is 1.57. The van der Waals surface area contributed by atoms with E-state index in [4.69, 9.17) is 9.52 Å². The molecule has 2 rings (SSSR count). The molecule has 0 saturated carbocycles. The Bertz CT molecular complexity index is 477. The molecule has 0 amide bonds. The van der Waals surface area contributed by atoms with Crippen LogP contribution < -0.4 is 0 Å². The predicted molar refractivity (Wildman–Crippen MR) is 51.5 cm³/mol. The maximum absolute atomic E-state index is 13.7. The van der Waals surface area contributed by atoms with Gasteiger partial charge >= 0.3 is 0 Å². The minimum atomic E-state index is -0.622. The standard InChI is InChI=1S/C11H10F2O2/c12-9-6-10-8(3-5-15-10)11(13)7(9)2-1-4-14/h3,5-6,14H,1-2,4H2. The highest BCUT2D eigenvalue weighted by Gasteiger charge is 2.14. The van der Waals surface area contributed by atoms with Crippen molar-refractivity contribution in [3.05, 3.63) is 35.6 Å². The Kier molecular flexibility index (Phi) is 2.68. The van der Waals surface area contributed by atoms with Gasteiger partial charge in [0.15, 0.2) is 0 Å². The molecular formula is C11H10F2O2. The van der Waals surface area contributed by atoms with E-state index < -0.39 is 11.6 Å². The molecular weight excluding hydrogens is 202 g/mol. The molecule has 15 heavy (non-hydrogen) atoms. The normalized spacial score (nSPS) is 11.1. The van der Waals surface area contributed by atoms with E-state index in [1.165, 1.54) is 18.4 Å². The molecule has 2 aromatic rings. The van der Waals surface area contributed by atoms with Crippen LogP contribution in [-0.2, 0) is 6.42 Å². The summed E-state index contributed by atoms with van der Waals surface area (Å²) in [7, 11) is 0. The van der Waals surface area contributed by atoms with Crippen LogP contribution in [0.5, 0.6) is 0 Å². The first-order valence-corrected chi connectivity index (χ1v) is 4.69. The van der Waals surface area contributed by atoms with Gasteiger partial charge in [0.05, 0.1) is 11.6 Å². The Morgan fingerprint density at radius 1 is 1.33 bits per heavy atom. The van der Waals surface area contributed by atoms with Crippen molar-refractivity contribution in [3.8, 4) is 0 Å². The van der Waals surface area contributed by atoms with Gasteiger partial charge in [-0.25, -0.2) is 8.78 Å². The van der Waals surface area contributed by atoms with Crippen LogP contribution in [0.25, 0.3) is 11.0 Å². The highest BCUT2D eigenvalue weighted by Crippen LogP contribution is 2.25. The summed E-state index contributed by atoms with van der Waals surface area (Å²) in [6.07, 6.45) is 1.86. The molecule has 0 unspecified atom stereocenters. The van der Waals surface area contributed by atoms with Crippen LogP contribution in [0.3, 0.4) is 0 Å². The number of hydrogen-bond acceptors (Lipinski definition) is 2. The van der Waals surface area contributed by atoms with Crippen molar-refractivity contribution in [2.24, 2.45) is 0 Å². The fraction of sp³-hybridized carbons (Fsp3) is 0.273. The van der Waals surface area contributed by atoms with Gasteiger partial charge in [-0.2, -0.15) is 0 Å². The van der Waals surface area contributed by atoms with Crippen molar-refractivity contribution in [2.75, 3.05) is 6.61 Å². The third-order valence-corrected chi connectivity index (χ3v) is 2.33. The van der Waals surface area contributed by atoms with Gasteiger partial charge in [0, 0.05) is 18.2 Å². The summed E-state index contributed by atoms with van der Waals surface area (Å²) >= 11 is 0. The van der Waals surface area contributed by atoms with E-state index >= 15 is 0 Å². The van der Waals surface area contributed by atoms with Crippen LogP contribution in [0.15, 0.2) is 22.8 Å². The third-order valence-electron chi connectivity index (χ3n) is 2.33. The molecule has 0 atom stereocenters. The van der Waals surface area contributed by atoms with E-state index in [2.05, 4.69) is 0 Å². The van der Waals surface area contributed by atoms with Gasteiger partial charge in [-0.05, 0) is 18.9 Å². The largest absolute Gasteiger partial charge is 0.464 e. The summed E-state index contributed by atoms with van der Waals surface area (Å²) in [6, 6.07) is 2.64. The van der Waals surface area contributed by atoms with Crippen molar-refractivity contribution in [1.29, 1.82) is 0 Å². The van der Waals surface area contributed by atoms with E-state index in [9.17, 15) is 8.78 Å². The second-order valence-corrected chi connectivity index (χ2v) is 3.31. The Morgan fingerprint density at radius 2 is 2.13 bits per heavy atom. The number of benzene rings is 1.